The molecule has 1 aliphatic rings. The van der Waals surface area contributed by atoms with Crippen molar-refractivity contribution in [3.63, 3.8) is 0 Å². The summed E-state index contributed by atoms with van der Waals surface area (Å²) in [5.74, 6) is -0.346. The first-order chi connectivity index (χ1) is 13.3. The number of benzene rings is 1. The zero-order valence-electron chi connectivity index (χ0n) is 15.7. The van der Waals surface area contributed by atoms with Gasteiger partial charge < -0.3 is 10.2 Å². The van der Waals surface area contributed by atoms with Gasteiger partial charge >= 0.3 is 5.69 Å². The number of hydrogen-bond acceptors (Lipinski definition) is 4. The van der Waals surface area contributed by atoms with Crippen LogP contribution >= 0.6 is 11.6 Å². The third kappa shape index (κ3) is 4.11. The summed E-state index contributed by atoms with van der Waals surface area (Å²) < 4.78 is 15.6. The maximum absolute atomic E-state index is 13.1. The van der Waals surface area contributed by atoms with Crippen LogP contribution in [0.3, 0.4) is 0 Å². The normalized spacial score (nSPS) is 16.9. The lowest BCUT2D eigenvalue weighted by Gasteiger charge is -2.34. The molecule has 2 heterocycles. The average molecular weight is 409 g/mol. The SMILES string of the molecule is Cn1c(N2CCCC(C(=O)NCc3ccc(F)cc3Cl)C2)cc(=O)n(C)c1=O. The first-order valence-corrected chi connectivity index (χ1v) is 9.39. The van der Waals surface area contributed by atoms with Crippen molar-refractivity contribution in [2.75, 3.05) is 18.0 Å². The summed E-state index contributed by atoms with van der Waals surface area (Å²) >= 11 is 6.00. The molecule has 28 heavy (non-hydrogen) atoms. The molecule has 1 aliphatic heterocycles. The zero-order chi connectivity index (χ0) is 20.4. The van der Waals surface area contributed by atoms with Gasteiger partial charge in [0.25, 0.3) is 5.56 Å². The molecule has 1 aromatic heterocycles. The Hall–Kier alpha value is -2.61. The predicted molar refractivity (Wildman–Crippen MR) is 105 cm³/mol. The third-order valence-corrected chi connectivity index (χ3v) is 5.44. The number of piperidine rings is 1. The van der Waals surface area contributed by atoms with Crippen molar-refractivity contribution in [3.05, 3.63) is 61.5 Å². The van der Waals surface area contributed by atoms with Crippen LogP contribution in [0.25, 0.3) is 0 Å². The molecule has 0 radical (unpaired) electrons. The van der Waals surface area contributed by atoms with Crippen molar-refractivity contribution < 1.29 is 9.18 Å². The van der Waals surface area contributed by atoms with Crippen LogP contribution in [0.2, 0.25) is 5.02 Å². The average Bonchev–Trinajstić information content (AvgIpc) is 2.68. The molecular weight excluding hydrogens is 387 g/mol. The highest BCUT2D eigenvalue weighted by atomic mass is 35.5. The van der Waals surface area contributed by atoms with E-state index < -0.39 is 11.5 Å². The van der Waals surface area contributed by atoms with Gasteiger partial charge in [0.1, 0.15) is 11.6 Å². The van der Waals surface area contributed by atoms with E-state index in [1.807, 2.05) is 4.90 Å². The second-order valence-corrected chi connectivity index (χ2v) is 7.39. The summed E-state index contributed by atoms with van der Waals surface area (Å²) in [7, 11) is 3.04. The van der Waals surface area contributed by atoms with Gasteiger partial charge in [0.05, 0.1) is 5.92 Å². The molecule has 1 saturated heterocycles. The van der Waals surface area contributed by atoms with Crippen LogP contribution in [0.5, 0.6) is 0 Å². The molecule has 1 amide bonds. The first-order valence-electron chi connectivity index (χ1n) is 9.01. The maximum Gasteiger partial charge on any atom is 0.332 e. The summed E-state index contributed by atoms with van der Waals surface area (Å²) in [6.45, 7) is 1.27. The first kappa shape index (κ1) is 20.1. The molecule has 0 saturated carbocycles. The highest BCUT2D eigenvalue weighted by molar-refractivity contribution is 6.31. The zero-order valence-corrected chi connectivity index (χ0v) is 16.5. The quantitative estimate of drug-likeness (QED) is 0.830. The van der Waals surface area contributed by atoms with E-state index in [1.54, 1.807) is 13.1 Å². The second-order valence-electron chi connectivity index (χ2n) is 6.98. The molecule has 0 aliphatic carbocycles. The van der Waals surface area contributed by atoms with Gasteiger partial charge in [0.2, 0.25) is 5.91 Å². The number of halogens is 2. The van der Waals surface area contributed by atoms with E-state index in [0.717, 1.165) is 11.0 Å². The third-order valence-electron chi connectivity index (χ3n) is 5.09. The number of carbonyl (C=O) groups excluding carboxylic acids is 1. The van der Waals surface area contributed by atoms with Gasteiger partial charge in [-0.15, -0.1) is 0 Å². The Balaban J connectivity index is 1.70. The topological polar surface area (TPSA) is 76.3 Å². The summed E-state index contributed by atoms with van der Waals surface area (Å²) in [6.07, 6.45) is 1.47. The molecule has 1 fully saturated rings. The van der Waals surface area contributed by atoms with Gasteiger partial charge in [0.15, 0.2) is 0 Å². The molecule has 0 bridgehead atoms. The Morgan fingerprint density at radius 2 is 2.00 bits per heavy atom. The number of anilines is 1. The highest BCUT2D eigenvalue weighted by Gasteiger charge is 2.27. The smallest absolute Gasteiger partial charge is 0.332 e. The largest absolute Gasteiger partial charge is 0.357 e. The van der Waals surface area contributed by atoms with E-state index in [-0.39, 0.29) is 29.0 Å². The van der Waals surface area contributed by atoms with Crippen LogP contribution in [0, 0.1) is 11.7 Å². The number of nitrogens with one attached hydrogen (secondary N) is 1. The van der Waals surface area contributed by atoms with Crippen molar-refractivity contribution in [1.29, 1.82) is 0 Å². The molecule has 7 nitrogen and oxygen atoms in total. The van der Waals surface area contributed by atoms with Crippen LogP contribution in [-0.2, 0) is 25.4 Å². The van der Waals surface area contributed by atoms with Crippen LogP contribution in [0.1, 0.15) is 18.4 Å². The van der Waals surface area contributed by atoms with Crippen LogP contribution in [0.4, 0.5) is 10.2 Å². The number of aromatic nitrogens is 2. The lowest BCUT2D eigenvalue weighted by Crippen LogP contribution is -2.46. The Morgan fingerprint density at radius 3 is 2.71 bits per heavy atom. The summed E-state index contributed by atoms with van der Waals surface area (Å²) in [5.41, 5.74) is -0.145. The van der Waals surface area contributed by atoms with Gasteiger partial charge in [-0.2, -0.15) is 0 Å². The molecule has 1 atom stereocenters. The van der Waals surface area contributed by atoms with Gasteiger partial charge in [-0.1, -0.05) is 17.7 Å². The fourth-order valence-corrected chi connectivity index (χ4v) is 3.65. The number of hydrogen-bond donors (Lipinski definition) is 1. The number of rotatable bonds is 4. The van der Waals surface area contributed by atoms with Gasteiger partial charge in [-0.25, -0.2) is 9.18 Å². The Kier molecular flexibility index (Phi) is 5.88. The van der Waals surface area contributed by atoms with E-state index in [1.165, 1.54) is 29.8 Å². The Labute approximate surface area is 166 Å². The van der Waals surface area contributed by atoms with Gasteiger partial charge in [0, 0.05) is 44.8 Å². The van der Waals surface area contributed by atoms with E-state index in [0.29, 0.717) is 30.9 Å². The molecule has 2 aromatic rings. The van der Waals surface area contributed by atoms with Crippen LogP contribution in [0.15, 0.2) is 33.9 Å². The van der Waals surface area contributed by atoms with Gasteiger partial charge in [-0.05, 0) is 30.5 Å². The fourth-order valence-electron chi connectivity index (χ4n) is 3.42. The van der Waals surface area contributed by atoms with Gasteiger partial charge in [-0.3, -0.25) is 18.7 Å². The van der Waals surface area contributed by atoms with Crippen molar-refractivity contribution in [2.24, 2.45) is 20.0 Å². The number of carbonyl (C=O) groups is 1. The van der Waals surface area contributed by atoms with Crippen molar-refractivity contribution in [2.45, 2.75) is 19.4 Å². The minimum Gasteiger partial charge on any atom is -0.357 e. The number of amides is 1. The fraction of sp³-hybridized carbons (Fsp3) is 0.421. The van der Waals surface area contributed by atoms with E-state index in [9.17, 15) is 18.8 Å². The van der Waals surface area contributed by atoms with E-state index >= 15 is 0 Å². The van der Waals surface area contributed by atoms with Crippen LogP contribution in [-0.4, -0.2) is 28.1 Å². The van der Waals surface area contributed by atoms with Crippen LogP contribution < -0.4 is 21.5 Å². The molecule has 1 aromatic carbocycles. The van der Waals surface area contributed by atoms with Crippen molar-refractivity contribution >= 4 is 23.3 Å². The molecule has 0 spiro atoms. The minimum atomic E-state index is -0.428. The number of nitrogens with zero attached hydrogens (tertiary/aromatic N) is 3. The summed E-state index contributed by atoms with van der Waals surface area (Å²) in [4.78, 5) is 38.7. The summed E-state index contributed by atoms with van der Waals surface area (Å²) in [6, 6.07) is 5.47. The predicted octanol–water partition coefficient (Wildman–Crippen LogP) is 1.41. The molecule has 3 rings (SSSR count). The maximum atomic E-state index is 13.1. The lowest BCUT2D eigenvalue weighted by molar-refractivity contribution is -0.125. The van der Waals surface area contributed by atoms with E-state index in [4.69, 9.17) is 11.6 Å². The standard InChI is InChI=1S/C19H22ClFN4O3/c1-23-16(9-17(26)24(2)19(23)28)25-7-3-4-13(11-25)18(27)22-10-12-5-6-14(21)8-15(12)20/h5-6,8-9,13H,3-4,7,10-11H2,1-2H3,(H,22,27). The van der Waals surface area contributed by atoms with Crippen molar-refractivity contribution in [3.8, 4) is 0 Å². The molecule has 1 unspecified atom stereocenters. The Bertz CT molecular complexity index is 1020. The van der Waals surface area contributed by atoms with Crippen molar-refractivity contribution in [1.82, 2.24) is 14.5 Å². The second kappa shape index (κ2) is 8.18. The monoisotopic (exact) mass is 408 g/mol. The minimum absolute atomic E-state index is 0.140. The highest BCUT2D eigenvalue weighted by Crippen LogP contribution is 2.22. The summed E-state index contributed by atoms with van der Waals surface area (Å²) in [5, 5.41) is 3.11. The molecular formula is C19H22ClFN4O3. The molecule has 9 heteroatoms. The Morgan fingerprint density at radius 1 is 1.25 bits per heavy atom. The molecule has 1 N–H and O–H groups in total. The molecule has 150 valence electrons. The van der Waals surface area contributed by atoms with E-state index in [2.05, 4.69) is 5.32 Å². The lowest BCUT2D eigenvalue weighted by atomic mass is 9.97.